The minimum absolute atomic E-state index is 0.366. The molecule has 0 saturated heterocycles. The molecule has 0 heterocycles. The van der Waals surface area contributed by atoms with E-state index in [2.05, 4.69) is 44.7 Å². The number of ether oxygens (including phenoxy) is 2. The molecule has 4 aromatic rings. The van der Waals surface area contributed by atoms with Gasteiger partial charge in [-0.3, -0.25) is 4.79 Å². The Morgan fingerprint density at radius 3 is 2.64 bits per heavy atom. The summed E-state index contributed by atoms with van der Waals surface area (Å²) < 4.78 is 12.4. The van der Waals surface area contributed by atoms with Crippen LogP contribution in [0, 0.1) is 0 Å². The number of carbonyl (C=O) groups excluding carboxylic acids is 1. The number of carbonyl (C=O) groups is 1. The third-order valence-electron chi connectivity index (χ3n) is 5.09. The van der Waals surface area contributed by atoms with Gasteiger partial charge in [0.1, 0.15) is 6.61 Å². The molecule has 0 unspecified atom stereocenters. The molecule has 6 nitrogen and oxygen atoms in total. The molecular formula is C26H22BrN3O3. The van der Waals surface area contributed by atoms with Crippen LogP contribution in [0.15, 0.2) is 88.4 Å². The highest BCUT2D eigenvalue weighted by molar-refractivity contribution is 9.10. The number of para-hydroxylation sites is 1. The van der Waals surface area contributed by atoms with Crippen molar-refractivity contribution in [3.05, 3.63) is 100 Å². The zero-order valence-corrected chi connectivity index (χ0v) is 19.5. The lowest BCUT2D eigenvalue weighted by Gasteiger charge is -2.14. The fraction of sp³-hybridized carbons (Fsp3) is 0.0769. The Balaban J connectivity index is 1.49. The topological polar surface area (TPSA) is 85.9 Å². The lowest BCUT2D eigenvalue weighted by Crippen LogP contribution is -2.19. The van der Waals surface area contributed by atoms with E-state index in [1.165, 1.54) is 6.21 Å². The average molecular weight is 504 g/mol. The molecule has 0 spiro atoms. The van der Waals surface area contributed by atoms with Gasteiger partial charge in [-0.1, -0.05) is 54.6 Å². The van der Waals surface area contributed by atoms with Gasteiger partial charge in [0, 0.05) is 5.69 Å². The molecule has 0 fully saturated rings. The average Bonchev–Trinajstić information content (AvgIpc) is 2.83. The van der Waals surface area contributed by atoms with Crippen molar-refractivity contribution in [2.45, 2.75) is 6.61 Å². The molecule has 33 heavy (non-hydrogen) atoms. The summed E-state index contributed by atoms with van der Waals surface area (Å²) >= 11 is 3.56. The summed E-state index contributed by atoms with van der Waals surface area (Å²) in [7, 11) is 1.58. The molecule has 0 aromatic heterocycles. The van der Waals surface area contributed by atoms with E-state index in [0.29, 0.717) is 33.8 Å². The first-order chi connectivity index (χ1) is 16.1. The van der Waals surface area contributed by atoms with Crippen molar-refractivity contribution in [3.8, 4) is 11.5 Å². The molecule has 0 aliphatic carbocycles. The van der Waals surface area contributed by atoms with Crippen LogP contribution in [0.3, 0.4) is 0 Å². The van der Waals surface area contributed by atoms with Crippen LogP contribution in [0.5, 0.6) is 11.5 Å². The van der Waals surface area contributed by atoms with E-state index >= 15 is 0 Å². The number of hydrazone groups is 1. The maximum absolute atomic E-state index is 12.3. The summed E-state index contributed by atoms with van der Waals surface area (Å²) in [5.74, 6) is 0.749. The summed E-state index contributed by atoms with van der Waals surface area (Å²) in [5.41, 5.74) is 10.9. The second-order valence-electron chi connectivity index (χ2n) is 7.25. The van der Waals surface area contributed by atoms with Gasteiger partial charge in [-0.15, -0.1) is 0 Å². The monoisotopic (exact) mass is 503 g/mol. The van der Waals surface area contributed by atoms with Crippen LogP contribution in [0.2, 0.25) is 0 Å². The Labute approximate surface area is 200 Å². The largest absolute Gasteiger partial charge is 0.493 e. The number of benzene rings is 4. The number of halogens is 1. The second-order valence-corrected chi connectivity index (χ2v) is 8.10. The summed E-state index contributed by atoms with van der Waals surface area (Å²) in [6.45, 7) is 0.387. The van der Waals surface area contributed by atoms with E-state index in [4.69, 9.17) is 15.2 Å². The van der Waals surface area contributed by atoms with Crippen molar-refractivity contribution in [2.75, 3.05) is 12.8 Å². The lowest BCUT2D eigenvalue weighted by molar-refractivity contribution is 0.0956. The summed E-state index contributed by atoms with van der Waals surface area (Å²) in [5, 5.41) is 6.35. The normalized spacial score (nSPS) is 11.0. The number of nitrogens with two attached hydrogens (primary N) is 1. The summed E-state index contributed by atoms with van der Waals surface area (Å²) in [6, 6.07) is 24.8. The highest BCUT2D eigenvalue weighted by Crippen LogP contribution is 2.37. The molecular weight excluding hydrogens is 482 g/mol. The van der Waals surface area contributed by atoms with Crippen LogP contribution in [0.25, 0.3) is 10.8 Å². The van der Waals surface area contributed by atoms with E-state index in [-0.39, 0.29) is 5.91 Å². The van der Waals surface area contributed by atoms with E-state index in [0.717, 1.165) is 21.9 Å². The summed E-state index contributed by atoms with van der Waals surface area (Å²) in [4.78, 5) is 12.3. The minimum Gasteiger partial charge on any atom is -0.493 e. The molecule has 4 aromatic carbocycles. The van der Waals surface area contributed by atoms with Gasteiger partial charge < -0.3 is 15.2 Å². The first kappa shape index (κ1) is 22.4. The standard InChI is InChI=1S/C26H22BrN3O3/c1-32-24-14-17(15-29-30-26(31)21-11-4-5-12-23(21)28)13-22(27)25(24)33-16-19-9-6-8-18-7-2-3-10-20(18)19/h2-15H,16,28H2,1H3,(H,30,31)/b29-15-. The number of nitrogens with zero attached hydrogens (tertiary/aromatic N) is 1. The van der Waals surface area contributed by atoms with Crippen molar-refractivity contribution >= 4 is 44.5 Å². The maximum atomic E-state index is 12.3. The zero-order chi connectivity index (χ0) is 23.2. The SMILES string of the molecule is COc1cc(/C=N\NC(=O)c2ccccc2N)cc(Br)c1OCc1cccc2ccccc12. The molecule has 0 radical (unpaired) electrons. The molecule has 4 rings (SSSR count). The number of hydrogen-bond acceptors (Lipinski definition) is 5. The molecule has 0 aliphatic rings. The Kier molecular flexibility index (Phi) is 6.90. The van der Waals surface area contributed by atoms with Gasteiger partial charge in [-0.25, -0.2) is 5.43 Å². The van der Waals surface area contributed by atoms with Crippen molar-refractivity contribution in [1.82, 2.24) is 5.43 Å². The maximum Gasteiger partial charge on any atom is 0.273 e. The molecule has 0 aliphatic heterocycles. The number of fused-ring (bicyclic) bond motifs is 1. The third-order valence-corrected chi connectivity index (χ3v) is 5.68. The second kappa shape index (κ2) is 10.2. The number of nitrogens with one attached hydrogen (secondary N) is 1. The van der Waals surface area contributed by atoms with Gasteiger partial charge in [-0.05, 0) is 62.1 Å². The molecule has 0 saturated carbocycles. The minimum atomic E-state index is -0.384. The smallest absolute Gasteiger partial charge is 0.273 e. The molecule has 0 atom stereocenters. The number of rotatable bonds is 7. The van der Waals surface area contributed by atoms with Crippen molar-refractivity contribution in [2.24, 2.45) is 5.10 Å². The molecule has 7 heteroatoms. The van der Waals surface area contributed by atoms with Crippen molar-refractivity contribution < 1.29 is 14.3 Å². The molecule has 166 valence electrons. The molecule has 0 bridgehead atoms. The van der Waals surface area contributed by atoms with E-state index in [1.807, 2.05) is 30.3 Å². The number of nitrogen functional groups attached to an aromatic ring is 1. The quantitative estimate of drug-likeness (QED) is 0.197. The molecule has 1 amide bonds. The van der Waals surface area contributed by atoms with E-state index in [9.17, 15) is 4.79 Å². The van der Waals surface area contributed by atoms with Crippen molar-refractivity contribution in [1.29, 1.82) is 0 Å². The van der Waals surface area contributed by atoms with Gasteiger partial charge in [0.05, 0.1) is 23.4 Å². The predicted octanol–water partition coefficient (Wildman–Crippen LogP) is 5.54. The van der Waals surface area contributed by atoms with Crippen LogP contribution in [0.4, 0.5) is 5.69 Å². The first-order valence-electron chi connectivity index (χ1n) is 10.2. The lowest BCUT2D eigenvalue weighted by atomic mass is 10.1. The highest BCUT2D eigenvalue weighted by Gasteiger charge is 2.13. The Morgan fingerprint density at radius 2 is 1.82 bits per heavy atom. The van der Waals surface area contributed by atoms with Gasteiger partial charge in [-0.2, -0.15) is 5.10 Å². The Bertz CT molecular complexity index is 1330. The number of amides is 1. The highest BCUT2D eigenvalue weighted by atomic mass is 79.9. The predicted molar refractivity (Wildman–Crippen MR) is 135 cm³/mol. The van der Waals surface area contributed by atoms with Crippen LogP contribution in [-0.2, 0) is 6.61 Å². The third kappa shape index (κ3) is 5.15. The number of anilines is 1. The van der Waals surface area contributed by atoms with Crippen LogP contribution in [0.1, 0.15) is 21.5 Å². The van der Waals surface area contributed by atoms with E-state index < -0.39 is 0 Å². The first-order valence-corrected chi connectivity index (χ1v) is 11.0. The van der Waals surface area contributed by atoms with Gasteiger partial charge >= 0.3 is 0 Å². The fourth-order valence-corrected chi connectivity index (χ4v) is 4.03. The summed E-state index contributed by atoms with van der Waals surface area (Å²) in [6.07, 6.45) is 1.53. The fourth-order valence-electron chi connectivity index (χ4n) is 3.45. The zero-order valence-electron chi connectivity index (χ0n) is 17.9. The van der Waals surface area contributed by atoms with Crippen molar-refractivity contribution in [3.63, 3.8) is 0 Å². The van der Waals surface area contributed by atoms with Gasteiger partial charge in [0.15, 0.2) is 11.5 Å². The van der Waals surface area contributed by atoms with Crippen LogP contribution in [-0.4, -0.2) is 19.2 Å². The Morgan fingerprint density at radius 1 is 1.06 bits per heavy atom. The number of hydrogen-bond donors (Lipinski definition) is 2. The van der Waals surface area contributed by atoms with Crippen LogP contribution >= 0.6 is 15.9 Å². The van der Waals surface area contributed by atoms with Crippen LogP contribution < -0.4 is 20.6 Å². The van der Waals surface area contributed by atoms with Gasteiger partial charge in [0.25, 0.3) is 5.91 Å². The van der Waals surface area contributed by atoms with E-state index in [1.54, 1.807) is 37.4 Å². The number of methoxy groups -OCH3 is 1. The molecule has 3 N–H and O–H groups in total. The Hall–Kier alpha value is -3.84. The van der Waals surface area contributed by atoms with Gasteiger partial charge in [0.2, 0.25) is 0 Å².